The summed E-state index contributed by atoms with van der Waals surface area (Å²) in [5.41, 5.74) is 0.557. The molecule has 154 valence electrons. The Balaban J connectivity index is 1.60. The number of nitrogens with one attached hydrogen (secondary N) is 1. The van der Waals surface area contributed by atoms with Gasteiger partial charge in [0.1, 0.15) is 16.5 Å². The van der Waals surface area contributed by atoms with Gasteiger partial charge >= 0.3 is 0 Å². The molecule has 1 unspecified atom stereocenters. The number of anilines is 1. The highest BCUT2D eigenvalue weighted by Gasteiger charge is 2.21. The maximum absolute atomic E-state index is 13.8. The Kier molecular flexibility index (Phi) is 5.72. The molecule has 0 aliphatic heterocycles. The molecular formula is C20H15F2N3O2S3. The van der Waals surface area contributed by atoms with Crippen LogP contribution in [0.5, 0.6) is 0 Å². The molecule has 4 aromatic rings. The van der Waals surface area contributed by atoms with Gasteiger partial charge in [-0.1, -0.05) is 17.8 Å². The Morgan fingerprint density at radius 1 is 1.27 bits per heavy atom. The fourth-order valence-electron chi connectivity index (χ4n) is 2.81. The molecule has 0 bridgehead atoms. The number of rotatable bonds is 5. The minimum atomic E-state index is -0.854. The van der Waals surface area contributed by atoms with Crippen molar-refractivity contribution in [2.75, 3.05) is 5.32 Å². The summed E-state index contributed by atoms with van der Waals surface area (Å²) in [5.74, 6) is -2.06. The van der Waals surface area contributed by atoms with Gasteiger partial charge in [0.15, 0.2) is 5.16 Å². The van der Waals surface area contributed by atoms with Crippen LogP contribution in [0.2, 0.25) is 0 Å². The standard InChI is InChI=1S/C20H15F2N3O2S3/c1-10(17(26)23-14-6-5-11(21)8-13(14)22)30-20-24-18-16(19(27)25(20)2)12(9-29-18)15-4-3-7-28-15/h3-10H,1-2H3,(H,23,26). The molecule has 1 aromatic carbocycles. The van der Waals surface area contributed by atoms with E-state index in [0.29, 0.717) is 21.4 Å². The molecule has 0 saturated heterocycles. The number of benzene rings is 1. The second-order valence-corrected chi connectivity index (χ2v) is 9.55. The molecule has 0 aliphatic rings. The van der Waals surface area contributed by atoms with Gasteiger partial charge in [-0.15, -0.1) is 22.7 Å². The summed E-state index contributed by atoms with van der Waals surface area (Å²) in [6.45, 7) is 1.63. The van der Waals surface area contributed by atoms with Crippen molar-refractivity contribution in [3.8, 4) is 10.4 Å². The second kappa shape index (κ2) is 8.29. The molecule has 0 radical (unpaired) electrons. The molecule has 3 heterocycles. The minimum absolute atomic E-state index is 0.106. The van der Waals surface area contributed by atoms with Crippen molar-refractivity contribution in [2.24, 2.45) is 7.05 Å². The summed E-state index contributed by atoms with van der Waals surface area (Å²) in [6, 6.07) is 6.81. The molecular weight excluding hydrogens is 448 g/mol. The number of aromatic nitrogens is 2. The predicted molar refractivity (Wildman–Crippen MR) is 118 cm³/mol. The van der Waals surface area contributed by atoms with E-state index in [4.69, 9.17) is 0 Å². The van der Waals surface area contributed by atoms with E-state index in [1.54, 1.807) is 25.3 Å². The number of fused-ring (bicyclic) bond motifs is 1. The van der Waals surface area contributed by atoms with Crippen LogP contribution in [-0.2, 0) is 11.8 Å². The van der Waals surface area contributed by atoms with E-state index >= 15 is 0 Å². The first kappa shape index (κ1) is 20.7. The van der Waals surface area contributed by atoms with E-state index in [9.17, 15) is 18.4 Å². The Morgan fingerprint density at radius 3 is 2.77 bits per heavy atom. The average Bonchev–Trinajstić information content (AvgIpc) is 3.37. The summed E-state index contributed by atoms with van der Waals surface area (Å²) in [5, 5.41) is 6.57. The van der Waals surface area contributed by atoms with Gasteiger partial charge in [-0.3, -0.25) is 14.2 Å². The number of hydrogen-bond donors (Lipinski definition) is 1. The quantitative estimate of drug-likeness (QED) is 0.330. The van der Waals surface area contributed by atoms with Gasteiger partial charge in [0.2, 0.25) is 5.91 Å². The van der Waals surface area contributed by atoms with Gasteiger partial charge < -0.3 is 5.32 Å². The maximum atomic E-state index is 13.8. The van der Waals surface area contributed by atoms with E-state index < -0.39 is 22.8 Å². The largest absolute Gasteiger partial charge is 0.323 e. The summed E-state index contributed by atoms with van der Waals surface area (Å²) >= 11 is 4.02. The number of amides is 1. The number of carbonyl (C=O) groups is 1. The first-order valence-corrected chi connectivity index (χ1v) is 11.4. The monoisotopic (exact) mass is 463 g/mol. The molecule has 30 heavy (non-hydrogen) atoms. The van der Waals surface area contributed by atoms with E-state index in [1.807, 2.05) is 22.9 Å². The molecule has 1 amide bonds. The molecule has 0 fully saturated rings. The Bertz CT molecular complexity index is 1300. The zero-order valence-electron chi connectivity index (χ0n) is 15.8. The van der Waals surface area contributed by atoms with Crippen LogP contribution in [0.4, 0.5) is 14.5 Å². The van der Waals surface area contributed by atoms with Gasteiger partial charge in [-0.05, 0) is 30.5 Å². The third kappa shape index (κ3) is 3.90. The van der Waals surface area contributed by atoms with Crippen LogP contribution in [0.25, 0.3) is 20.7 Å². The van der Waals surface area contributed by atoms with Crippen molar-refractivity contribution in [3.05, 3.63) is 63.1 Å². The molecule has 0 aliphatic carbocycles. The van der Waals surface area contributed by atoms with Crippen LogP contribution in [0, 0.1) is 11.6 Å². The van der Waals surface area contributed by atoms with Crippen LogP contribution in [0.1, 0.15) is 6.92 Å². The fourth-order valence-corrected chi connectivity index (χ4v) is 5.49. The number of nitrogens with zero attached hydrogens (tertiary/aromatic N) is 2. The first-order valence-electron chi connectivity index (χ1n) is 8.80. The third-order valence-corrected chi connectivity index (χ3v) is 7.32. The van der Waals surface area contributed by atoms with Crippen molar-refractivity contribution in [1.29, 1.82) is 0 Å². The average molecular weight is 464 g/mol. The van der Waals surface area contributed by atoms with Crippen LogP contribution in [0.3, 0.4) is 0 Å². The van der Waals surface area contributed by atoms with E-state index in [0.717, 1.165) is 34.3 Å². The van der Waals surface area contributed by atoms with Gasteiger partial charge in [0, 0.05) is 28.9 Å². The van der Waals surface area contributed by atoms with E-state index in [2.05, 4.69) is 10.3 Å². The summed E-state index contributed by atoms with van der Waals surface area (Å²) in [7, 11) is 1.61. The summed E-state index contributed by atoms with van der Waals surface area (Å²) in [4.78, 5) is 31.6. The van der Waals surface area contributed by atoms with Crippen LogP contribution >= 0.6 is 34.4 Å². The topological polar surface area (TPSA) is 64.0 Å². The van der Waals surface area contributed by atoms with Gasteiger partial charge in [-0.2, -0.15) is 0 Å². The lowest BCUT2D eigenvalue weighted by atomic mass is 10.2. The SMILES string of the molecule is CC(Sc1nc2scc(-c3cccs3)c2c(=O)n1C)C(=O)Nc1ccc(F)cc1F. The molecule has 3 aromatic heterocycles. The maximum Gasteiger partial charge on any atom is 0.263 e. The molecule has 10 heteroatoms. The Hall–Kier alpha value is -2.56. The lowest BCUT2D eigenvalue weighted by Gasteiger charge is -2.14. The highest BCUT2D eigenvalue weighted by Crippen LogP contribution is 2.35. The molecule has 1 N–H and O–H groups in total. The van der Waals surface area contributed by atoms with E-state index in [1.165, 1.54) is 15.9 Å². The highest BCUT2D eigenvalue weighted by molar-refractivity contribution is 8.00. The zero-order chi connectivity index (χ0) is 21.4. The van der Waals surface area contributed by atoms with Crippen LogP contribution in [-0.4, -0.2) is 20.7 Å². The normalized spacial score (nSPS) is 12.3. The minimum Gasteiger partial charge on any atom is -0.323 e. The van der Waals surface area contributed by atoms with Crippen molar-refractivity contribution >= 4 is 56.2 Å². The number of thioether (sulfide) groups is 1. The van der Waals surface area contributed by atoms with Gasteiger partial charge in [0.25, 0.3) is 5.56 Å². The summed E-state index contributed by atoms with van der Waals surface area (Å²) in [6.07, 6.45) is 0. The smallest absolute Gasteiger partial charge is 0.263 e. The van der Waals surface area contributed by atoms with Gasteiger partial charge in [0.05, 0.1) is 16.3 Å². The Labute approximate surface area is 182 Å². The third-order valence-electron chi connectivity index (χ3n) is 4.40. The fraction of sp³-hybridized carbons (Fsp3) is 0.150. The second-order valence-electron chi connectivity index (χ2n) is 6.44. The van der Waals surface area contributed by atoms with Crippen LogP contribution in [0.15, 0.2) is 51.0 Å². The molecule has 1 atom stereocenters. The van der Waals surface area contributed by atoms with Crippen molar-refractivity contribution in [3.63, 3.8) is 0 Å². The van der Waals surface area contributed by atoms with Crippen molar-refractivity contribution < 1.29 is 13.6 Å². The number of halogens is 2. The molecule has 0 saturated carbocycles. The number of thiophene rings is 2. The molecule has 0 spiro atoms. The highest BCUT2D eigenvalue weighted by atomic mass is 32.2. The zero-order valence-corrected chi connectivity index (χ0v) is 18.3. The molecule has 5 nitrogen and oxygen atoms in total. The summed E-state index contributed by atoms with van der Waals surface area (Å²) < 4.78 is 28.2. The van der Waals surface area contributed by atoms with Crippen molar-refractivity contribution in [2.45, 2.75) is 17.3 Å². The van der Waals surface area contributed by atoms with Crippen molar-refractivity contribution in [1.82, 2.24) is 9.55 Å². The number of carbonyl (C=O) groups excluding carboxylic acids is 1. The van der Waals surface area contributed by atoms with E-state index in [-0.39, 0.29) is 11.2 Å². The first-order chi connectivity index (χ1) is 14.3. The predicted octanol–water partition coefficient (Wildman–Crippen LogP) is 5.12. The van der Waals surface area contributed by atoms with Crippen LogP contribution < -0.4 is 10.9 Å². The lowest BCUT2D eigenvalue weighted by Crippen LogP contribution is -2.25. The van der Waals surface area contributed by atoms with Gasteiger partial charge in [-0.25, -0.2) is 13.8 Å². The molecule has 4 rings (SSSR count). The number of hydrogen-bond acceptors (Lipinski definition) is 6. The lowest BCUT2D eigenvalue weighted by molar-refractivity contribution is -0.115. The Morgan fingerprint density at radius 2 is 2.07 bits per heavy atom.